The highest BCUT2D eigenvalue weighted by Gasteiger charge is 2.21. The lowest BCUT2D eigenvalue weighted by Gasteiger charge is -2.34. The highest BCUT2D eigenvalue weighted by molar-refractivity contribution is 5.65. The third-order valence-corrected chi connectivity index (χ3v) is 4.90. The molecule has 2 aromatic carbocycles. The molecule has 0 bridgehead atoms. The van der Waals surface area contributed by atoms with Crippen molar-refractivity contribution in [3.8, 4) is 5.75 Å². The van der Waals surface area contributed by atoms with Gasteiger partial charge in [-0.2, -0.15) is 0 Å². The molecule has 2 aromatic rings. The van der Waals surface area contributed by atoms with Crippen LogP contribution in [-0.4, -0.2) is 19.4 Å². The van der Waals surface area contributed by atoms with Gasteiger partial charge in [0.25, 0.3) is 0 Å². The van der Waals surface area contributed by atoms with E-state index in [2.05, 4.69) is 24.8 Å². The van der Waals surface area contributed by atoms with E-state index in [-0.39, 0.29) is 5.82 Å². The first kappa shape index (κ1) is 19.4. The van der Waals surface area contributed by atoms with Crippen molar-refractivity contribution in [3.05, 3.63) is 58.9 Å². The van der Waals surface area contributed by atoms with Gasteiger partial charge in [0.1, 0.15) is 24.5 Å². The van der Waals surface area contributed by atoms with E-state index in [1.807, 2.05) is 18.2 Å². The highest BCUT2D eigenvalue weighted by Crippen LogP contribution is 2.37. The Hall–Kier alpha value is -2.36. The van der Waals surface area contributed by atoms with E-state index in [1.54, 1.807) is 6.07 Å². The molecule has 1 aliphatic heterocycles. The van der Waals surface area contributed by atoms with Crippen LogP contribution in [0.4, 0.5) is 10.1 Å². The number of carbonyl (C=O) groups is 1. The van der Waals surface area contributed by atoms with Crippen molar-refractivity contribution < 1.29 is 13.9 Å². The molecule has 0 N–H and O–H groups in total. The molecule has 144 valence electrons. The normalized spacial score (nSPS) is 13.6. The van der Waals surface area contributed by atoms with E-state index in [1.165, 1.54) is 17.3 Å². The summed E-state index contributed by atoms with van der Waals surface area (Å²) in [5.41, 5.74) is 3.90. The minimum atomic E-state index is -0.269. The largest absolute Gasteiger partial charge is 0.487 e. The number of rotatable bonds is 8. The van der Waals surface area contributed by atoms with Gasteiger partial charge < -0.3 is 14.4 Å². The summed E-state index contributed by atoms with van der Waals surface area (Å²) in [5.74, 6) is 1.18. The number of para-hydroxylation sites is 1. The van der Waals surface area contributed by atoms with Crippen molar-refractivity contribution in [2.45, 2.75) is 46.1 Å². The number of anilines is 1. The molecule has 0 saturated heterocycles. The van der Waals surface area contributed by atoms with Crippen molar-refractivity contribution >= 4 is 12.0 Å². The monoisotopic (exact) mass is 369 g/mol. The Labute approximate surface area is 161 Å². The van der Waals surface area contributed by atoms with Crippen molar-refractivity contribution in [2.24, 2.45) is 5.92 Å². The zero-order valence-corrected chi connectivity index (χ0v) is 16.2. The molecule has 0 atom stereocenters. The fraction of sp³-hybridized carbons (Fsp3) is 0.435. The van der Waals surface area contributed by atoms with Gasteiger partial charge in [0.15, 0.2) is 0 Å². The maximum absolute atomic E-state index is 14.2. The van der Waals surface area contributed by atoms with Gasteiger partial charge in [0.2, 0.25) is 0 Å². The van der Waals surface area contributed by atoms with Gasteiger partial charge in [-0.1, -0.05) is 38.1 Å². The standard InChI is InChI=1S/C23H28FNO2/c1-17(2)15-25-12-4-7-20-6-3-9-22(23(20)25)27-16-18-10-11-19(8-5-13-26)21(24)14-18/h3,6,9-11,13-14,17H,4-5,7-8,12,15-16H2,1-2H3. The SMILES string of the molecule is CC(C)CN1CCCc2cccc(OCc3ccc(CCC=O)c(F)c3)c21. The molecule has 1 aliphatic rings. The topological polar surface area (TPSA) is 29.5 Å². The van der Waals surface area contributed by atoms with Crippen molar-refractivity contribution in [1.82, 2.24) is 0 Å². The van der Waals surface area contributed by atoms with Gasteiger partial charge in [0, 0.05) is 19.5 Å². The van der Waals surface area contributed by atoms with E-state index in [0.29, 0.717) is 30.9 Å². The minimum absolute atomic E-state index is 0.269. The van der Waals surface area contributed by atoms with E-state index >= 15 is 0 Å². The molecule has 3 rings (SSSR count). The van der Waals surface area contributed by atoms with Crippen LogP contribution in [0.25, 0.3) is 0 Å². The smallest absolute Gasteiger partial charge is 0.143 e. The second-order valence-corrected chi connectivity index (χ2v) is 7.63. The zero-order valence-electron chi connectivity index (χ0n) is 16.2. The molecule has 0 aliphatic carbocycles. The second-order valence-electron chi connectivity index (χ2n) is 7.63. The molecule has 4 heteroatoms. The third kappa shape index (κ3) is 4.88. The molecule has 3 nitrogen and oxygen atoms in total. The van der Waals surface area contributed by atoms with Gasteiger partial charge in [-0.05, 0) is 54.0 Å². The van der Waals surface area contributed by atoms with Crippen LogP contribution in [-0.2, 0) is 24.2 Å². The lowest BCUT2D eigenvalue weighted by molar-refractivity contribution is -0.107. The molecule has 0 radical (unpaired) electrons. The summed E-state index contributed by atoms with van der Waals surface area (Å²) in [6.45, 7) is 6.84. The van der Waals surface area contributed by atoms with Crippen LogP contribution in [0.2, 0.25) is 0 Å². The van der Waals surface area contributed by atoms with Crippen LogP contribution >= 0.6 is 0 Å². The Bertz CT molecular complexity index is 788. The quantitative estimate of drug-likeness (QED) is 0.617. The summed E-state index contributed by atoms with van der Waals surface area (Å²) in [5, 5.41) is 0. The lowest BCUT2D eigenvalue weighted by Crippen LogP contribution is -2.33. The minimum Gasteiger partial charge on any atom is -0.487 e. The predicted molar refractivity (Wildman–Crippen MR) is 107 cm³/mol. The molecule has 0 spiro atoms. The Morgan fingerprint density at radius 1 is 1.26 bits per heavy atom. The maximum atomic E-state index is 14.2. The van der Waals surface area contributed by atoms with E-state index in [9.17, 15) is 9.18 Å². The van der Waals surface area contributed by atoms with Crippen LogP contribution in [0, 0.1) is 11.7 Å². The molecule has 0 amide bonds. The van der Waals surface area contributed by atoms with Crippen molar-refractivity contribution in [3.63, 3.8) is 0 Å². The lowest BCUT2D eigenvalue weighted by atomic mass is 10.00. The average Bonchev–Trinajstić information content (AvgIpc) is 2.65. The fourth-order valence-corrected chi connectivity index (χ4v) is 3.70. The number of fused-ring (bicyclic) bond motifs is 1. The first-order valence-electron chi connectivity index (χ1n) is 9.79. The maximum Gasteiger partial charge on any atom is 0.143 e. The average molecular weight is 369 g/mol. The Morgan fingerprint density at radius 2 is 2.11 bits per heavy atom. The van der Waals surface area contributed by atoms with Crippen molar-refractivity contribution in [1.29, 1.82) is 0 Å². The number of benzene rings is 2. The Balaban J connectivity index is 1.75. The summed E-state index contributed by atoms with van der Waals surface area (Å²) in [4.78, 5) is 12.9. The number of nitrogens with zero attached hydrogens (tertiary/aromatic N) is 1. The number of halogens is 1. The zero-order chi connectivity index (χ0) is 19.2. The molecule has 0 aromatic heterocycles. The van der Waals surface area contributed by atoms with E-state index in [4.69, 9.17) is 4.74 Å². The van der Waals surface area contributed by atoms with Crippen LogP contribution in [0.15, 0.2) is 36.4 Å². The van der Waals surface area contributed by atoms with Gasteiger partial charge in [-0.15, -0.1) is 0 Å². The number of hydrogen-bond acceptors (Lipinski definition) is 3. The summed E-state index contributed by atoms with van der Waals surface area (Å²) in [6, 6.07) is 11.4. The number of ether oxygens (including phenoxy) is 1. The summed E-state index contributed by atoms with van der Waals surface area (Å²) >= 11 is 0. The molecular weight excluding hydrogens is 341 g/mol. The third-order valence-electron chi connectivity index (χ3n) is 4.90. The molecule has 0 fully saturated rings. The number of hydrogen-bond donors (Lipinski definition) is 0. The van der Waals surface area contributed by atoms with E-state index in [0.717, 1.165) is 43.5 Å². The van der Waals surface area contributed by atoms with Gasteiger partial charge in [-0.25, -0.2) is 4.39 Å². The Morgan fingerprint density at radius 3 is 2.85 bits per heavy atom. The first-order valence-corrected chi connectivity index (χ1v) is 9.79. The second kappa shape index (κ2) is 9.03. The molecular formula is C23H28FNO2. The number of aryl methyl sites for hydroxylation is 2. The van der Waals surface area contributed by atoms with Crippen molar-refractivity contribution in [2.75, 3.05) is 18.0 Å². The molecule has 0 unspecified atom stereocenters. The molecule has 27 heavy (non-hydrogen) atoms. The first-order chi connectivity index (χ1) is 13.1. The van der Waals surface area contributed by atoms with Gasteiger partial charge in [0.05, 0.1) is 5.69 Å². The van der Waals surface area contributed by atoms with Crippen LogP contribution < -0.4 is 9.64 Å². The van der Waals surface area contributed by atoms with Crippen LogP contribution in [0.3, 0.4) is 0 Å². The van der Waals surface area contributed by atoms with Crippen LogP contribution in [0.1, 0.15) is 43.4 Å². The summed E-state index contributed by atoms with van der Waals surface area (Å²) in [6.07, 6.45) is 3.83. The number of carbonyl (C=O) groups excluding carboxylic acids is 1. The summed E-state index contributed by atoms with van der Waals surface area (Å²) < 4.78 is 20.3. The van der Waals surface area contributed by atoms with Gasteiger partial charge >= 0.3 is 0 Å². The summed E-state index contributed by atoms with van der Waals surface area (Å²) in [7, 11) is 0. The van der Waals surface area contributed by atoms with Crippen LogP contribution in [0.5, 0.6) is 5.75 Å². The molecule has 0 saturated carbocycles. The van der Waals surface area contributed by atoms with E-state index < -0.39 is 0 Å². The van der Waals surface area contributed by atoms with Gasteiger partial charge in [-0.3, -0.25) is 0 Å². The Kier molecular flexibility index (Phi) is 6.49. The number of aldehydes is 1. The highest BCUT2D eigenvalue weighted by atomic mass is 19.1. The molecule has 1 heterocycles. The predicted octanol–water partition coefficient (Wildman–Crippen LogP) is 4.94. The fourth-order valence-electron chi connectivity index (χ4n) is 3.70.